The molecule has 3 heterocycles. The van der Waals surface area contributed by atoms with Gasteiger partial charge in [0.1, 0.15) is 11.6 Å². The van der Waals surface area contributed by atoms with E-state index < -0.39 is 6.03 Å². The molecule has 1 saturated heterocycles. The van der Waals surface area contributed by atoms with Crippen molar-refractivity contribution >= 4 is 40.5 Å². The minimum absolute atomic E-state index is 0.139. The average Bonchev–Trinajstić information content (AvgIpc) is 3.30. The number of benzene rings is 2. The largest absolute Gasteiger partial charge is 0.438 e. The third kappa shape index (κ3) is 5.24. The molecule has 9 nitrogen and oxygen atoms in total. The van der Waals surface area contributed by atoms with Crippen LogP contribution in [0.2, 0.25) is 0 Å². The lowest BCUT2D eigenvalue weighted by atomic mass is 10.2. The maximum Gasteiger partial charge on any atom is 0.324 e. The molecular formula is C27H28FN7O2. The summed E-state index contributed by atoms with van der Waals surface area (Å²) in [5, 5.41) is 3.55. The van der Waals surface area contributed by atoms with E-state index in [2.05, 4.69) is 27.2 Å². The summed E-state index contributed by atoms with van der Waals surface area (Å²) in [5.74, 6) is 0.601. The summed E-state index contributed by atoms with van der Waals surface area (Å²) in [6, 6.07) is 13.4. The van der Waals surface area contributed by atoms with E-state index in [4.69, 9.17) is 10.5 Å². The van der Waals surface area contributed by atoms with Gasteiger partial charge in [-0.1, -0.05) is 24.3 Å². The number of nitrogens with one attached hydrogen (secondary N) is 1. The molecule has 0 saturated carbocycles. The minimum atomic E-state index is -0.691. The van der Waals surface area contributed by atoms with Crippen molar-refractivity contribution in [3.05, 3.63) is 72.2 Å². The quantitative estimate of drug-likeness (QED) is 0.391. The highest BCUT2D eigenvalue weighted by molar-refractivity contribution is 5.92. The van der Waals surface area contributed by atoms with Gasteiger partial charge in [-0.2, -0.15) is 9.97 Å². The third-order valence-corrected chi connectivity index (χ3v) is 6.23. The van der Waals surface area contributed by atoms with Crippen LogP contribution in [0.1, 0.15) is 12.5 Å². The number of hydrogen-bond donors (Lipinski definition) is 2. The zero-order valence-corrected chi connectivity index (χ0v) is 20.7. The van der Waals surface area contributed by atoms with Gasteiger partial charge in [0.25, 0.3) is 0 Å². The summed E-state index contributed by atoms with van der Waals surface area (Å²) in [4.78, 5) is 25.2. The summed E-state index contributed by atoms with van der Waals surface area (Å²) in [6.07, 6.45) is 5.41. The van der Waals surface area contributed by atoms with Gasteiger partial charge in [0, 0.05) is 38.1 Å². The van der Waals surface area contributed by atoms with E-state index in [0.717, 1.165) is 31.7 Å². The number of likely N-dealkylation sites (N-methyl/N-ethyl adjacent to an activating group) is 1. The highest BCUT2D eigenvalue weighted by Gasteiger charge is 2.19. The lowest BCUT2D eigenvalue weighted by Crippen LogP contribution is -2.44. The van der Waals surface area contributed by atoms with Crippen molar-refractivity contribution in [1.29, 1.82) is 0 Å². The molecule has 2 aromatic carbocycles. The molecule has 190 valence electrons. The molecule has 0 aliphatic carbocycles. The lowest BCUT2D eigenvalue weighted by molar-refractivity contribution is 0.251. The maximum atomic E-state index is 15.0. The highest BCUT2D eigenvalue weighted by atomic mass is 19.1. The van der Waals surface area contributed by atoms with Crippen LogP contribution in [0.5, 0.6) is 11.6 Å². The number of anilines is 3. The Labute approximate surface area is 214 Å². The second-order valence-corrected chi connectivity index (χ2v) is 8.87. The predicted molar refractivity (Wildman–Crippen MR) is 143 cm³/mol. The van der Waals surface area contributed by atoms with Gasteiger partial charge in [0.05, 0.1) is 11.1 Å². The molecule has 4 aromatic rings. The van der Waals surface area contributed by atoms with Crippen molar-refractivity contribution in [2.24, 2.45) is 5.73 Å². The van der Waals surface area contributed by atoms with Crippen LogP contribution in [0.25, 0.3) is 17.1 Å². The molecule has 1 fully saturated rings. The highest BCUT2D eigenvalue weighted by Crippen LogP contribution is 2.31. The van der Waals surface area contributed by atoms with Gasteiger partial charge in [-0.05, 0) is 55.9 Å². The van der Waals surface area contributed by atoms with Gasteiger partial charge in [-0.25, -0.2) is 9.18 Å². The first-order valence-electron chi connectivity index (χ1n) is 12.0. The number of piperazine rings is 1. The number of carbonyl (C=O) groups is 1. The van der Waals surface area contributed by atoms with Crippen LogP contribution in [0.15, 0.2) is 60.8 Å². The molecule has 0 bridgehead atoms. The van der Waals surface area contributed by atoms with E-state index in [0.29, 0.717) is 22.5 Å². The molecule has 1 aliphatic rings. The van der Waals surface area contributed by atoms with Gasteiger partial charge >= 0.3 is 6.03 Å². The molecule has 0 atom stereocenters. The SMILES string of the molecule is C/C=C/c1cccc(Oc2nc(Nc3ccc(N4CCN(C)CC4)c(F)c3)nc3c2ccn3C(N)=O)c1. The fraction of sp³-hybridized carbons (Fsp3) is 0.222. The number of nitrogens with zero attached hydrogens (tertiary/aromatic N) is 5. The summed E-state index contributed by atoms with van der Waals surface area (Å²) in [6.45, 7) is 5.23. The van der Waals surface area contributed by atoms with E-state index in [9.17, 15) is 4.79 Å². The van der Waals surface area contributed by atoms with Crippen molar-refractivity contribution < 1.29 is 13.9 Å². The molecule has 0 spiro atoms. The molecule has 5 rings (SSSR count). The normalized spacial score (nSPS) is 14.4. The Morgan fingerprint density at radius 3 is 2.65 bits per heavy atom. The summed E-state index contributed by atoms with van der Waals surface area (Å²) >= 11 is 0. The molecule has 37 heavy (non-hydrogen) atoms. The van der Waals surface area contributed by atoms with Gasteiger partial charge in [0.2, 0.25) is 11.8 Å². The zero-order chi connectivity index (χ0) is 25.9. The summed E-state index contributed by atoms with van der Waals surface area (Å²) < 4.78 is 22.4. The van der Waals surface area contributed by atoms with E-state index in [1.54, 1.807) is 18.2 Å². The Kier molecular flexibility index (Phi) is 6.74. The monoisotopic (exact) mass is 501 g/mol. The van der Waals surface area contributed by atoms with Crippen LogP contribution >= 0.6 is 0 Å². The number of fused-ring (bicyclic) bond motifs is 1. The maximum absolute atomic E-state index is 15.0. The van der Waals surface area contributed by atoms with Crippen molar-refractivity contribution in [3.8, 4) is 11.6 Å². The van der Waals surface area contributed by atoms with Crippen LogP contribution in [0.4, 0.5) is 26.5 Å². The first-order chi connectivity index (χ1) is 17.9. The number of rotatable bonds is 6. The number of hydrogen-bond acceptors (Lipinski definition) is 7. The topological polar surface area (TPSA) is 102 Å². The number of ether oxygens (including phenoxy) is 1. The fourth-order valence-electron chi connectivity index (χ4n) is 4.30. The van der Waals surface area contributed by atoms with E-state index in [-0.39, 0.29) is 23.3 Å². The number of primary amides is 1. The van der Waals surface area contributed by atoms with Crippen LogP contribution < -0.4 is 20.7 Å². The Morgan fingerprint density at radius 1 is 1.11 bits per heavy atom. The molecule has 10 heteroatoms. The van der Waals surface area contributed by atoms with Gasteiger partial charge in [0.15, 0.2) is 5.65 Å². The molecule has 1 aliphatic heterocycles. The first kappa shape index (κ1) is 24.3. The number of carbonyl (C=O) groups excluding carboxylic acids is 1. The minimum Gasteiger partial charge on any atom is -0.438 e. The fourth-order valence-corrected chi connectivity index (χ4v) is 4.30. The first-order valence-corrected chi connectivity index (χ1v) is 12.0. The number of halogens is 1. The van der Waals surface area contributed by atoms with Crippen LogP contribution in [0, 0.1) is 5.82 Å². The van der Waals surface area contributed by atoms with Crippen molar-refractivity contribution in [3.63, 3.8) is 0 Å². The zero-order valence-electron chi connectivity index (χ0n) is 20.7. The standard InChI is InChI=1S/C27H28FN7O2/c1-3-5-18-6-4-7-20(16-18)37-25-21-10-11-35(26(29)36)24(21)31-27(32-25)30-19-8-9-23(22(28)17-19)34-14-12-33(2)13-15-34/h3-11,16-17H,12-15H2,1-2H3,(H2,29,36)(H,30,31,32)/b5-3+. The van der Waals surface area contributed by atoms with Crippen molar-refractivity contribution in [1.82, 2.24) is 19.4 Å². The molecular weight excluding hydrogens is 473 g/mol. The van der Waals surface area contributed by atoms with E-state index in [1.807, 2.05) is 48.2 Å². The number of aromatic nitrogens is 3. The predicted octanol–water partition coefficient (Wildman–Crippen LogP) is 4.82. The Balaban J connectivity index is 1.47. The van der Waals surface area contributed by atoms with Crippen LogP contribution in [-0.4, -0.2) is 58.7 Å². The number of allylic oxidation sites excluding steroid dienone is 1. The van der Waals surface area contributed by atoms with Crippen molar-refractivity contribution in [2.45, 2.75) is 6.92 Å². The number of amides is 1. The average molecular weight is 502 g/mol. The lowest BCUT2D eigenvalue weighted by Gasteiger charge is -2.34. The van der Waals surface area contributed by atoms with Gasteiger partial charge in [-0.3, -0.25) is 4.57 Å². The molecule has 0 unspecified atom stereocenters. The van der Waals surface area contributed by atoms with E-state index >= 15 is 4.39 Å². The second-order valence-electron chi connectivity index (χ2n) is 8.87. The second kappa shape index (κ2) is 10.3. The van der Waals surface area contributed by atoms with Crippen LogP contribution in [-0.2, 0) is 0 Å². The Morgan fingerprint density at radius 2 is 1.92 bits per heavy atom. The summed E-state index contributed by atoms with van der Waals surface area (Å²) in [5.41, 5.74) is 7.80. The van der Waals surface area contributed by atoms with E-state index in [1.165, 1.54) is 16.8 Å². The molecule has 2 aromatic heterocycles. The third-order valence-electron chi connectivity index (χ3n) is 6.23. The van der Waals surface area contributed by atoms with Gasteiger partial charge in [-0.15, -0.1) is 0 Å². The smallest absolute Gasteiger partial charge is 0.324 e. The number of nitrogens with two attached hydrogens (primary N) is 1. The molecule has 0 radical (unpaired) electrons. The van der Waals surface area contributed by atoms with Crippen LogP contribution in [0.3, 0.4) is 0 Å². The van der Waals surface area contributed by atoms with Crippen molar-refractivity contribution in [2.75, 3.05) is 43.4 Å². The van der Waals surface area contributed by atoms with Gasteiger partial charge < -0.3 is 25.6 Å². The Bertz CT molecular complexity index is 1480. The molecule has 3 N–H and O–H groups in total. The Hall–Kier alpha value is -4.44. The summed E-state index contributed by atoms with van der Waals surface area (Å²) in [7, 11) is 2.06. The molecule has 1 amide bonds.